The molecule has 1 atom stereocenters. The summed E-state index contributed by atoms with van der Waals surface area (Å²) < 4.78 is 44.8. The molecule has 7 nitrogen and oxygen atoms in total. The van der Waals surface area contributed by atoms with Crippen molar-refractivity contribution in [3.05, 3.63) is 47.2 Å². The predicted octanol–water partition coefficient (Wildman–Crippen LogP) is 3.82. The second kappa shape index (κ2) is 8.25. The number of carbonyl (C=O) groups is 2. The lowest BCUT2D eigenvalue weighted by atomic mass is 9.96. The van der Waals surface area contributed by atoms with E-state index in [-0.39, 0.29) is 46.8 Å². The van der Waals surface area contributed by atoms with Crippen molar-refractivity contribution in [2.45, 2.75) is 25.9 Å². The number of alkyl halides is 3. The molecule has 0 radical (unpaired) electrons. The van der Waals surface area contributed by atoms with Gasteiger partial charge in [-0.25, -0.2) is 4.98 Å². The van der Waals surface area contributed by atoms with Crippen LogP contribution in [0.4, 0.5) is 13.2 Å². The third-order valence-electron chi connectivity index (χ3n) is 5.66. The zero-order chi connectivity index (χ0) is 23.0. The summed E-state index contributed by atoms with van der Waals surface area (Å²) >= 11 is 0. The first-order valence-electron chi connectivity index (χ1n) is 10.1. The number of nitrogens with one attached hydrogen (secondary N) is 1. The molecule has 4 rings (SSSR count). The van der Waals surface area contributed by atoms with Crippen LogP contribution in [0.15, 0.2) is 34.9 Å². The smallest absolute Gasteiger partial charge is 0.359 e. The van der Waals surface area contributed by atoms with Crippen LogP contribution in [0.3, 0.4) is 0 Å². The molecule has 1 fully saturated rings. The summed E-state index contributed by atoms with van der Waals surface area (Å²) in [5.74, 6) is -0.791. The highest BCUT2D eigenvalue weighted by atomic mass is 19.4. The number of benzene rings is 1. The number of likely N-dealkylation sites (tertiary alicyclic amines) is 1. The second-order valence-corrected chi connectivity index (χ2v) is 7.79. The third kappa shape index (κ3) is 4.04. The molecular weight excluding hydrogens is 425 g/mol. The van der Waals surface area contributed by atoms with Crippen molar-refractivity contribution in [1.29, 1.82) is 0 Å². The van der Waals surface area contributed by atoms with E-state index >= 15 is 0 Å². The first-order chi connectivity index (χ1) is 15.2. The van der Waals surface area contributed by atoms with Crippen molar-refractivity contribution in [3.8, 4) is 11.3 Å². The van der Waals surface area contributed by atoms with E-state index in [1.165, 1.54) is 18.2 Å². The molecule has 1 aliphatic rings. The van der Waals surface area contributed by atoms with Gasteiger partial charge in [0.2, 0.25) is 5.91 Å². The van der Waals surface area contributed by atoms with Crippen molar-refractivity contribution in [1.82, 2.24) is 20.4 Å². The predicted molar refractivity (Wildman–Crippen MR) is 110 cm³/mol. The van der Waals surface area contributed by atoms with E-state index in [0.717, 1.165) is 12.1 Å². The van der Waals surface area contributed by atoms with Crippen LogP contribution in [-0.4, -0.2) is 47.0 Å². The number of aromatic nitrogens is 2. The Balaban J connectivity index is 1.77. The number of fused-ring (bicyclic) bond motifs is 1. The van der Waals surface area contributed by atoms with E-state index in [4.69, 9.17) is 4.52 Å². The number of piperidine rings is 1. The fraction of sp³-hybridized carbons (Fsp3) is 0.364. The minimum absolute atomic E-state index is 0.0700. The number of amides is 2. The lowest BCUT2D eigenvalue weighted by molar-refractivity contribution is -0.137. The molecule has 10 heteroatoms. The Kier molecular flexibility index (Phi) is 5.62. The van der Waals surface area contributed by atoms with Gasteiger partial charge >= 0.3 is 6.18 Å². The molecule has 1 saturated heterocycles. The summed E-state index contributed by atoms with van der Waals surface area (Å²) in [6.07, 6.45) is -3.16. The Morgan fingerprint density at radius 2 is 2.03 bits per heavy atom. The summed E-state index contributed by atoms with van der Waals surface area (Å²) in [6.45, 7) is 2.39. The van der Waals surface area contributed by atoms with Crippen LogP contribution in [0.5, 0.6) is 0 Å². The van der Waals surface area contributed by atoms with Gasteiger partial charge in [0, 0.05) is 25.7 Å². The highest BCUT2D eigenvalue weighted by molar-refractivity contribution is 6.07. The number of hydrogen-bond donors (Lipinski definition) is 1. The Labute approximate surface area is 181 Å². The van der Waals surface area contributed by atoms with Crippen molar-refractivity contribution >= 4 is 22.9 Å². The topological polar surface area (TPSA) is 88.3 Å². The molecule has 168 valence electrons. The molecule has 2 aromatic heterocycles. The largest absolute Gasteiger partial charge is 0.416 e. The number of pyridine rings is 1. The summed E-state index contributed by atoms with van der Waals surface area (Å²) in [7, 11) is 1.55. The fourth-order valence-corrected chi connectivity index (χ4v) is 4.02. The van der Waals surface area contributed by atoms with E-state index in [1.807, 2.05) is 0 Å². The van der Waals surface area contributed by atoms with Gasteiger partial charge in [-0.1, -0.05) is 17.3 Å². The van der Waals surface area contributed by atoms with E-state index in [0.29, 0.717) is 30.5 Å². The monoisotopic (exact) mass is 446 g/mol. The molecule has 2 amide bonds. The van der Waals surface area contributed by atoms with Gasteiger partial charge in [-0.3, -0.25) is 9.59 Å². The molecular formula is C22H21F3N4O3. The van der Waals surface area contributed by atoms with E-state index in [1.54, 1.807) is 18.9 Å². The lowest BCUT2D eigenvalue weighted by Gasteiger charge is -2.32. The zero-order valence-corrected chi connectivity index (χ0v) is 17.5. The van der Waals surface area contributed by atoms with Crippen molar-refractivity contribution in [2.24, 2.45) is 5.92 Å². The van der Waals surface area contributed by atoms with Crippen LogP contribution in [0.2, 0.25) is 0 Å². The Morgan fingerprint density at radius 1 is 1.25 bits per heavy atom. The molecule has 0 aliphatic carbocycles. The summed E-state index contributed by atoms with van der Waals surface area (Å²) in [4.78, 5) is 31.4. The van der Waals surface area contributed by atoms with E-state index in [9.17, 15) is 22.8 Å². The number of halogens is 3. The Hall–Kier alpha value is -3.43. The Morgan fingerprint density at radius 3 is 2.75 bits per heavy atom. The van der Waals surface area contributed by atoms with Gasteiger partial charge in [0.15, 0.2) is 0 Å². The Bertz CT molecular complexity index is 1190. The van der Waals surface area contributed by atoms with Gasteiger partial charge in [-0.2, -0.15) is 13.2 Å². The third-order valence-corrected chi connectivity index (χ3v) is 5.66. The minimum Gasteiger partial charge on any atom is -0.359 e. The molecule has 0 bridgehead atoms. The SMILES string of the molecule is CNC(=O)C1CCCN(C(=O)c2cc(-c3cccc(C(F)(F)F)c3)nc3onc(C)c23)C1. The molecule has 32 heavy (non-hydrogen) atoms. The quantitative estimate of drug-likeness (QED) is 0.661. The van der Waals surface area contributed by atoms with Crippen molar-refractivity contribution in [2.75, 3.05) is 20.1 Å². The van der Waals surface area contributed by atoms with Crippen LogP contribution in [0.25, 0.3) is 22.4 Å². The first kappa shape index (κ1) is 21.8. The second-order valence-electron chi connectivity index (χ2n) is 7.79. The summed E-state index contributed by atoms with van der Waals surface area (Å²) in [6, 6.07) is 6.19. The van der Waals surface area contributed by atoms with Crippen LogP contribution in [0, 0.1) is 12.8 Å². The van der Waals surface area contributed by atoms with Gasteiger partial charge in [0.1, 0.15) is 0 Å². The molecule has 0 saturated carbocycles. The lowest BCUT2D eigenvalue weighted by Crippen LogP contribution is -2.44. The van der Waals surface area contributed by atoms with Gasteiger partial charge < -0.3 is 14.7 Å². The minimum atomic E-state index is -4.51. The standard InChI is InChI=1S/C22H21F3N4O3/c1-12-18-16(21(31)29-8-4-6-14(11-29)19(30)26-2)10-17(27-20(18)32-28-12)13-5-3-7-15(9-13)22(23,24)25/h3,5,7,9-10,14H,4,6,8,11H2,1-2H3,(H,26,30). The van der Waals surface area contributed by atoms with E-state index < -0.39 is 11.7 Å². The van der Waals surface area contributed by atoms with Crippen LogP contribution in [-0.2, 0) is 11.0 Å². The maximum absolute atomic E-state index is 13.4. The number of aryl methyl sites for hydroxylation is 1. The maximum Gasteiger partial charge on any atom is 0.416 e. The summed E-state index contributed by atoms with van der Waals surface area (Å²) in [5.41, 5.74) is 0.309. The molecule has 1 unspecified atom stereocenters. The highest BCUT2D eigenvalue weighted by Crippen LogP contribution is 2.34. The number of hydrogen-bond acceptors (Lipinski definition) is 5. The van der Waals surface area contributed by atoms with Gasteiger partial charge in [0.05, 0.1) is 33.8 Å². The van der Waals surface area contributed by atoms with Crippen LogP contribution < -0.4 is 5.32 Å². The number of rotatable bonds is 3. The van der Waals surface area contributed by atoms with Crippen molar-refractivity contribution in [3.63, 3.8) is 0 Å². The molecule has 3 heterocycles. The number of carbonyl (C=O) groups excluding carboxylic acids is 2. The zero-order valence-electron chi connectivity index (χ0n) is 17.5. The fourth-order valence-electron chi connectivity index (χ4n) is 4.02. The molecule has 3 aromatic rings. The molecule has 0 spiro atoms. The molecule has 1 aromatic carbocycles. The number of nitrogens with zero attached hydrogens (tertiary/aromatic N) is 3. The van der Waals surface area contributed by atoms with Gasteiger partial charge in [-0.05, 0) is 38.0 Å². The highest BCUT2D eigenvalue weighted by Gasteiger charge is 2.32. The van der Waals surface area contributed by atoms with Crippen molar-refractivity contribution < 1.29 is 27.3 Å². The van der Waals surface area contributed by atoms with Crippen LogP contribution >= 0.6 is 0 Å². The van der Waals surface area contributed by atoms with Gasteiger partial charge in [-0.15, -0.1) is 0 Å². The van der Waals surface area contributed by atoms with E-state index in [2.05, 4.69) is 15.5 Å². The normalized spacial score (nSPS) is 16.9. The maximum atomic E-state index is 13.4. The summed E-state index contributed by atoms with van der Waals surface area (Å²) in [5, 5.41) is 6.90. The van der Waals surface area contributed by atoms with Gasteiger partial charge in [0.25, 0.3) is 11.6 Å². The molecule has 1 N–H and O–H groups in total. The average Bonchev–Trinajstić information content (AvgIpc) is 3.17. The first-order valence-corrected chi connectivity index (χ1v) is 10.1. The van der Waals surface area contributed by atoms with Crippen LogP contribution in [0.1, 0.15) is 34.5 Å². The molecule has 1 aliphatic heterocycles. The average molecular weight is 446 g/mol.